The minimum atomic E-state index is -0.139. The Hall–Kier alpha value is -2.40. The van der Waals surface area contributed by atoms with Gasteiger partial charge in [-0.15, -0.1) is 0 Å². The van der Waals surface area contributed by atoms with Crippen LogP contribution in [0, 0.1) is 0 Å². The van der Waals surface area contributed by atoms with Crippen LogP contribution in [0.15, 0.2) is 62.4 Å². The Morgan fingerprint density at radius 3 is 2.68 bits per heavy atom. The van der Waals surface area contributed by atoms with Crippen LogP contribution < -0.4 is 5.32 Å². The lowest BCUT2D eigenvalue weighted by molar-refractivity contribution is -0.114. The summed E-state index contributed by atoms with van der Waals surface area (Å²) in [6.07, 6.45) is 0. The third-order valence-electron chi connectivity index (χ3n) is 3.57. The minimum Gasteiger partial charge on any atom is -0.452 e. The summed E-state index contributed by atoms with van der Waals surface area (Å²) in [5, 5.41) is 3.79. The van der Waals surface area contributed by atoms with Gasteiger partial charge in [-0.2, -0.15) is 0 Å². The number of carbonyl (C=O) groups is 1. The molecule has 0 aliphatic carbocycles. The second-order valence-corrected chi connectivity index (χ2v) is 5.94. The number of furan rings is 1. The molecule has 1 N–H and O–H groups in total. The van der Waals surface area contributed by atoms with Crippen LogP contribution in [-0.2, 0) is 4.79 Å². The number of anilines is 1. The van der Waals surface area contributed by atoms with E-state index in [9.17, 15) is 4.79 Å². The maximum absolute atomic E-state index is 12.0. The molecule has 4 rings (SSSR count). The highest BCUT2D eigenvalue weighted by Gasteiger charge is 2.24. The predicted octanol–water partition coefficient (Wildman–Crippen LogP) is 3.98. The van der Waals surface area contributed by atoms with Crippen molar-refractivity contribution in [3.8, 4) is 0 Å². The number of rotatable bonds is 1. The maximum Gasteiger partial charge on any atom is 0.246 e. The molecule has 108 valence electrons. The van der Waals surface area contributed by atoms with Crippen molar-refractivity contribution in [3.05, 3.63) is 64.3 Å². The first-order valence-corrected chi connectivity index (χ1v) is 7.64. The smallest absolute Gasteiger partial charge is 0.246 e. The van der Waals surface area contributed by atoms with Crippen molar-refractivity contribution in [1.29, 1.82) is 0 Å². The molecule has 4 nitrogen and oxygen atoms in total. The average molecular weight is 355 g/mol. The number of amides is 1. The number of hydrogen-bond acceptors (Lipinski definition) is 3. The molecule has 0 fully saturated rings. The van der Waals surface area contributed by atoms with Crippen molar-refractivity contribution in [1.82, 2.24) is 0 Å². The number of para-hydroxylation sites is 1. The van der Waals surface area contributed by atoms with Gasteiger partial charge in [-0.1, -0.05) is 40.2 Å². The molecule has 2 aromatic carbocycles. The first kappa shape index (κ1) is 13.3. The highest BCUT2D eigenvalue weighted by atomic mass is 79.9. The first-order valence-electron chi connectivity index (χ1n) is 6.84. The lowest BCUT2D eigenvalue weighted by Gasteiger charge is -2.04. The quantitative estimate of drug-likeness (QED) is 0.718. The summed E-state index contributed by atoms with van der Waals surface area (Å²) in [4.78, 5) is 16.4. The molecule has 0 saturated carbocycles. The van der Waals surface area contributed by atoms with Gasteiger partial charge in [-0.05, 0) is 24.3 Å². The Kier molecular flexibility index (Phi) is 3.08. The predicted molar refractivity (Wildman–Crippen MR) is 89.5 cm³/mol. The Labute approximate surface area is 135 Å². The van der Waals surface area contributed by atoms with E-state index in [-0.39, 0.29) is 12.5 Å². The van der Waals surface area contributed by atoms with E-state index in [1.54, 1.807) is 0 Å². The summed E-state index contributed by atoms with van der Waals surface area (Å²) >= 11 is 3.42. The summed E-state index contributed by atoms with van der Waals surface area (Å²) in [6, 6.07) is 15.4. The van der Waals surface area contributed by atoms with Crippen LogP contribution in [0.4, 0.5) is 5.69 Å². The molecule has 0 unspecified atom stereocenters. The van der Waals surface area contributed by atoms with E-state index >= 15 is 0 Å². The number of nitrogens with zero attached hydrogens (tertiary/aromatic N) is 1. The zero-order chi connectivity index (χ0) is 15.1. The molecule has 0 radical (unpaired) electrons. The van der Waals surface area contributed by atoms with E-state index in [2.05, 4.69) is 26.2 Å². The number of fused-ring (bicyclic) bond motifs is 3. The summed E-state index contributed by atoms with van der Waals surface area (Å²) < 4.78 is 6.95. The fourth-order valence-electron chi connectivity index (χ4n) is 2.57. The van der Waals surface area contributed by atoms with E-state index in [1.807, 2.05) is 48.5 Å². The van der Waals surface area contributed by atoms with Gasteiger partial charge < -0.3 is 9.73 Å². The van der Waals surface area contributed by atoms with E-state index in [4.69, 9.17) is 4.42 Å². The molecule has 2 heterocycles. The van der Waals surface area contributed by atoms with Crippen molar-refractivity contribution in [3.63, 3.8) is 0 Å². The van der Waals surface area contributed by atoms with E-state index in [0.29, 0.717) is 17.2 Å². The van der Waals surface area contributed by atoms with E-state index in [1.165, 1.54) is 0 Å². The van der Waals surface area contributed by atoms with Gasteiger partial charge in [0.15, 0.2) is 5.76 Å². The van der Waals surface area contributed by atoms with Gasteiger partial charge in [0.1, 0.15) is 17.8 Å². The summed E-state index contributed by atoms with van der Waals surface area (Å²) in [7, 11) is 0. The molecule has 0 saturated heterocycles. The zero-order valence-electron chi connectivity index (χ0n) is 11.5. The fourth-order valence-corrected chi connectivity index (χ4v) is 2.83. The SMILES string of the molecule is O=C1CN=C(c2ccc(Br)cc2)c2oc3ccccc3c2N1. The van der Waals surface area contributed by atoms with Crippen LogP contribution >= 0.6 is 15.9 Å². The Bertz CT molecular complexity index is 910. The van der Waals surface area contributed by atoms with Crippen LogP contribution in [0.1, 0.15) is 11.3 Å². The number of hydrogen-bond donors (Lipinski definition) is 1. The molecule has 0 atom stereocenters. The Balaban J connectivity index is 1.97. The zero-order valence-corrected chi connectivity index (χ0v) is 13.1. The van der Waals surface area contributed by atoms with Gasteiger partial charge in [-0.25, -0.2) is 0 Å². The standard InChI is InChI=1S/C17H11BrN2O2/c18-11-7-5-10(6-8-11)15-17-16(20-14(21)9-19-15)12-3-1-2-4-13(12)22-17/h1-8H,9H2,(H,20,21). The first-order chi connectivity index (χ1) is 10.7. The van der Waals surface area contributed by atoms with Crippen LogP contribution in [0.2, 0.25) is 0 Å². The molecule has 0 spiro atoms. The van der Waals surface area contributed by atoms with Crippen LogP contribution in [-0.4, -0.2) is 18.2 Å². The van der Waals surface area contributed by atoms with Gasteiger partial charge >= 0.3 is 0 Å². The molecule has 5 heteroatoms. The molecule has 0 bridgehead atoms. The van der Waals surface area contributed by atoms with Crippen LogP contribution in [0.3, 0.4) is 0 Å². The molecule has 3 aromatic rings. The fraction of sp³-hybridized carbons (Fsp3) is 0.0588. The van der Waals surface area contributed by atoms with Crippen molar-refractivity contribution >= 4 is 44.2 Å². The topological polar surface area (TPSA) is 54.6 Å². The molecule has 1 aliphatic heterocycles. The van der Waals surface area contributed by atoms with E-state index < -0.39 is 0 Å². The second-order valence-electron chi connectivity index (χ2n) is 5.02. The average Bonchev–Trinajstić information content (AvgIpc) is 2.79. The van der Waals surface area contributed by atoms with Gasteiger partial charge in [-0.3, -0.25) is 9.79 Å². The third kappa shape index (κ3) is 2.14. The van der Waals surface area contributed by atoms with Crippen molar-refractivity contribution in [2.24, 2.45) is 4.99 Å². The lowest BCUT2D eigenvalue weighted by Crippen LogP contribution is -2.13. The van der Waals surface area contributed by atoms with Gasteiger partial charge in [0, 0.05) is 15.4 Å². The Morgan fingerprint density at radius 1 is 1.09 bits per heavy atom. The van der Waals surface area contributed by atoms with Gasteiger partial charge in [0.05, 0.1) is 5.69 Å². The number of carbonyl (C=O) groups excluding carboxylic acids is 1. The summed E-state index contributed by atoms with van der Waals surface area (Å²) in [5.74, 6) is 0.467. The second kappa shape index (κ2) is 5.10. The maximum atomic E-state index is 12.0. The largest absolute Gasteiger partial charge is 0.452 e. The molecular formula is C17H11BrN2O2. The number of benzene rings is 2. The third-order valence-corrected chi connectivity index (χ3v) is 4.10. The normalized spacial score (nSPS) is 14.2. The van der Waals surface area contributed by atoms with Crippen LogP contribution in [0.25, 0.3) is 11.0 Å². The highest BCUT2D eigenvalue weighted by molar-refractivity contribution is 9.10. The molecule has 1 aromatic heterocycles. The molecule has 1 aliphatic rings. The highest BCUT2D eigenvalue weighted by Crippen LogP contribution is 2.34. The number of halogens is 1. The Morgan fingerprint density at radius 2 is 1.86 bits per heavy atom. The summed E-state index contributed by atoms with van der Waals surface area (Å²) in [6.45, 7) is 0.0872. The van der Waals surface area contributed by atoms with Crippen molar-refractivity contribution in [2.75, 3.05) is 11.9 Å². The van der Waals surface area contributed by atoms with Crippen molar-refractivity contribution < 1.29 is 9.21 Å². The van der Waals surface area contributed by atoms with Gasteiger partial charge in [0.2, 0.25) is 5.91 Å². The number of nitrogens with one attached hydrogen (secondary N) is 1. The lowest BCUT2D eigenvalue weighted by atomic mass is 10.1. The molecular weight excluding hydrogens is 344 g/mol. The van der Waals surface area contributed by atoms with E-state index in [0.717, 1.165) is 21.0 Å². The monoisotopic (exact) mass is 354 g/mol. The van der Waals surface area contributed by atoms with Gasteiger partial charge in [0.25, 0.3) is 0 Å². The number of aliphatic imine (C=N–C) groups is 1. The summed E-state index contributed by atoms with van der Waals surface area (Å²) in [5.41, 5.74) is 3.04. The van der Waals surface area contributed by atoms with Crippen LogP contribution in [0.5, 0.6) is 0 Å². The minimum absolute atomic E-state index is 0.0872. The molecule has 22 heavy (non-hydrogen) atoms. The van der Waals surface area contributed by atoms with Crippen molar-refractivity contribution in [2.45, 2.75) is 0 Å². The molecule has 1 amide bonds.